The molecule has 12 heteroatoms. The SMILES string of the molecule is CC(CO)NC(=O)c1ccc(N(C2CCCC(C(F)(F)F)C2)S(=O)(=O)c2ccc(Cl)nc2)cc1. The minimum absolute atomic E-state index is 0.0570. The Morgan fingerprint density at radius 2 is 1.91 bits per heavy atom. The summed E-state index contributed by atoms with van der Waals surface area (Å²) in [5, 5.41) is 11.8. The van der Waals surface area contributed by atoms with Crippen molar-refractivity contribution in [3.05, 3.63) is 53.3 Å². The third-order valence-electron chi connectivity index (χ3n) is 5.73. The average Bonchev–Trinajstić information content (AvgIpc) is 2.79. The van der Waals surface area contributed by atoms with Gasteiger partial charge >= 0.3 is 6.18 Å². The molecule has 0 aliphatic heterocycles. The summed E-state index contributed by atoms with van der Waals surface area (Å²) in [6, 6.07) is 6.68. The third-order valence-corrected chi connectivity index (χ3v) is 7.82. The molecule has 3 unspecified atom stereocenters. The van der Waals surface area contributed by atoms with E-state index in [1.165, 1.54) is 36.4 Å². The number of nitrogens with zero attached hydrogens (tertiary/aromatic N) is 2. The first kappa shape index (κ1) is 26.2. The zero-order valence-electron chi connectivity index (χ0n) is 18.3. The van der Waals surface area contributed by atoms with Crippen LogP contribution in [0.5, 0.6) is 0 Å². The second-order valence-electron chi connectivity index (χ2n) is 8.28. The van der Waals surface area contributed by atoms with Crippen LogP contribution in [0.2, 0.25) is 5.15 Å². The lowest BCUT2D eigenvalue weighted by Crippen LogP contribution is -2.45. The molecule has 1 aromatic heterocycles. The first-order chi connectivity index (χ1) is 15.9. The second-order valence-corrected chi connectivity index (χ2v) is 10.5. The highest BCUT2D eigenvalue weighted by atomic mass is 35.5. The summed E-state index contributed by atoms with van der Waals surface area (Å²) in [7, 11) is -4.28. The van der Waals surface area contributed by atoms with Gasteiger partial charge in [-0.15, -0.1) is 0 Å². The number of benzene rings is 1. The molecule has 1 aliphatic rings. The van der Waals surface area contributed by atoms with Gasteiger partial charge in [0.1, 0.15) is 10.0 Å². The quantitative estimate of drug-likeness (QED) is 0.535. The van der Waals surface area contributed by atoms with E-state index in [0.717, 1.165) is 10.5 Å². The number of aliphatic hydroxyl groups is 1. The van der Waals surface area contributed by atoms with Crippen LogP contribution in [0.25, 0.3) is 0 Å². The summed E-state index contributed by atoms with van der Waals surface area (Å²) < 4.78 is 68.5. The van der Waals surface area contributed by atoms with Crippen molar-refractivity contribution in [1.82, 2.24) is 10.3 Å². The summed E-state index contributed by atoms with van der Waals surface area (Å²) in [6.07, 6.45) is -3.32. The number of anilines is 1. The van der Waals surface area contributed by atoms with E-state index in [9.17, 15) is 26.4 Å². The summed E-state index contributed by atoms with van der Waals surface area (Å²) in [5.41, 5.74) is 0.348. The molecular formula is C22H25ClF3N3O4S. The van der Waals surface area contributed by atoms with E-state index in [1.54, 1.807) is 6.92 Å². The number of halogens is 4. The first-order valence-corrected chi connectivity index (χ1v) is 12.5. The van der Waals surface area contributed by atoms with Gasteiger partial charge in [0, 0.05) is 23.8 Å². The van der Waals surface area contributed by atoms with E-state index < -0.39 is 40.1 Å². The van der Waals surface area contributed by atoms with Gasteiger partial charge in [0.2, 0.25) is 0 Å². The molecule has 1 amide bonds. The van der Waals surface area contributed by atoms with Gasteiger partial charge in [-0.2, -0.15) is 13.2 Å². The van der Waals surface area contributed by atoms with Gasteiger partial charge in [-0.25, -0.2) is 13.4 Å². The smallest absolute Gasteiger partial charge is 0.391 e. The molecule has 3 atom stereocenters. The number of rotatable bonds is 7. The Hall–Kier alpha value is -2.37. The van der Waals surface area contributed by atoms with E-state index >= 15 is 0 Å². The minimum Gasteiger partial charge on any atom is -0.394 e. The lowest BCUT2D eigenvalue weighted by atomic mass is 9.85. The van der Waals surface area contributed by atoms with Gasteiger partial charge < -0.3 is 10.4 Å². The van der Waals surface area contributed by atoms with Crippen LogP contribution in [0, 0.1) is 5.92 Å². The molecule has 34 heavy (non-hydrogen) atoms. The van der Waals surface area contributed by atoms with Crippen LogP contribution in [0.4, 0.5) is 18.9 Å². The molecule has 1 aliphatic carbocycles. The number of alkyl halides is 3. The normalized spacial score (nSPS) is 19.9. The van der Waals surface area contributed by atoms with Gasteiger partial charge in [-0.3, -0.25) is 9.10 Å². The van der Waals surface area contributed by atoms with E-state index in [0.29, 0.717) is 0 Å². The van der Waals surface area contributed by atoms with Crippen LogP contribution >= 0.6 is 11.6 Å². The van der Waals surface area contributed by atoms with Crippen LogP contribution in [-0.2, 0) is 10.0 Å². The van der Waals surface area contributed by atoms with E-state index in [4.69, 9.17) is 16.7 Å². The topological polar surface area (TPSA) is 99.6 Å². The maximum atomic E-state index is 13.6. The summed E-state index contributed by atoms with van der Waals surface area (Å²) in [4.78, 5) is 15.9. The van der Waals surface area contributed by atoms with Crippen molar-refractivity contribution in [2.45, 2.75) is 55.8 Å². The van der Waals surface area contributed by atoms with Crippen LogP contribution in [0.3, 0.4) is 0 Å². The molecule has 1 aromatic carbocycles. The number of pyridine rings is 1. The number of carbonyl (C=O) groups excluding carboxylic acids is 1. The van der Waals surface area contributed by atoms with Gasteiger partial charge in [0.15, 0.2) is 0 Å². The van der Waals surface area contributed by atoms with Gasteiger partial charge in [0.25, 0.3) is 15.9 Å². The number of aliphatic hydroxyl groups excluding tert-OH is 1. The number of aromatic nitrogens is 1. The number of amides is 1. The van der Waals surface area contributed by atoms with Crippen molar-refractivity contribution in [2.24, 2.45) is 5.92 Å². The molecule has 2 aromatic rings. The Morgan fingerprint density at radius 3 is 2.47 bits per heavy atom. The summed E-state index contributed by atoms with van der Waals surface area (Å²) in [5.74, 6) is -2.09. The molecule has 7 nitrogen and oxygen atoms in total. The molecule has 0 bridgehead atoms. The van der Waals surface area contributed by atoms with Crippen molar-refractivity contribution in [3.8, 4) is 0 Å². The Labute approximate surface area is 201 Å². The highest BCUT2D eigenvalue weighted by molar-refractivity contribution is 7.92. The zero-order valence-corrected chi connectivity index (χ0v) is 19.9. The maximum absolute atomic E-state index is 13.6. The van der Waals surface area contributed by atoms with Crippen molar-refractivity contribution in [1.29, 1.82) is 0 Å². The Bertz CT molecular complexity index is 1100. The number of nitrogens with one attached hydrogen (secondary N) is 1. The number of hydrogen-bond donors (Lipinski definition) is 2. The molecule has 1 saturated carbocycles. The summed E-state index contributed by atoms with van der Waals surface area (Å²) >= 11 is 5.77. The molecule has 3 rings (SSSR count). The Kier molecular flexibility index (Phi) is 8.10. The van der Waals surface area contributed by atoms with Crippen LogP contribution in [0.15, 0.2) is 47.5 Å². The highest BCUT2D eigenvalue weighted by Gasteiger charge is 2.45. The first-order valence-electron chi connectivity index (χ1n) is 10.7. The lowest BCUT2D eigenvalue weighted by molar-refractivity contribution is -0.182. The van der Waals surface area contributed by atoms with E-state index in [1.807, 2.05) is 0 Å². The fourth-order valence-corrected chi connectivity index (χ4v) is 5.71. The van der Waals surface area contributed by atoms with Crippen molar-refractivity contribution < 1.29 is 31.5 Å². The summed E-state index contributed by atoms with van der Waals surface area (Å²) in [6.45, 7) is 1.36. The average molecular weight is 520 g/mol. The van der Waals surface area contributed by atoms with E-state index in [2.05, 4.69) is 10.3 Å². The molecule has 0 saturated heterocycles. The predicted molar refractivity (Wildman–Crippen MR) is 121 cm³/mol. The monoisotopic (exact) mass is 519 g/mol. The Balaban J connectivity index is 2.00. The highest BCUT2D eigenvalue weighted by Crippen LogP contribution is 2.41. The van der Waals surface area contributed by atoms with Crippen molar-refractivity contribution in [2.75, 3.05) is 10.9 Å². The van der Waals surface area contributed by atoms with Gasteiger partial charge in [0.05, 0.1) is 18.2 Å². The molecule has 0 spiro atoms. The third kappa shape index (κ3) is 6.00. The van der Waals surface area contributed by atoms with E-state index in [-0.39, 0.29) is 53.6 Å². The van der Waals surface area contributed by atoms with Crippen LogP contribution in [-0.4, -0.2) is 49.3 Å². The molecule has 1 fully saturated rings. The molecule has 2 N–H and O–H groups in total. The van der Waals surface area contributed by atoms with Gasteiger partial charge in [-0.05, 0) is 62.6 Å². The van der Waals surface area contributed by atoms with Crippen LogP contribution < -0.4 is 9.62 Å². The van der Waals surface area contributed by atoms with Crippen LogP contribution in [0.1, 0.15) is 43.0 Å². The van der Waals surface area contributed by atoms with Crippen molar-refractivity contribution in [3.63, 3.8) is 0 Å². The van der Waals surface area contributed by atoms with Gasteiger partial charge in [-0.1, -0.05) is 18.0 Å². The number of carbonyl (C=O) groups is 1. The minimum atomic E-state index is -4.43. The number of hydrogen-bond acceptors (Lipinski definition) is 5. The maximum Gasteiger partial charge on any atom is 0.391 e. The fourth-order valence-electron chi connectivity index (χ4n) is 3.96. The second kappa shape index (κ2) is 10.5. The fraction of sp³-hybridized carbons (Fsp3) is 0.455. The largest absolute Gasteiger partial charge is 0.394 e. The predicted octanol–water partition coefficient (Wildman–Crippen LogP) is 4.16. The zero-order chi connectivity index (χ0) is 25.1. The molecule has 1 heterocycles. The Morgan fingerprint density at radius 1 is 1.24 bits per heavy atom. The molecule has 186 valence electrons. The standard InChI is InChI=1S/C22H25ClF3N3O4S/c1-14(13-30)28-21(31)15-5-7-17(8-6-15)29(18-4-2-3-16(11-18)22(24,25)26)34(32,33)19-9-10-20(23)27-12-19/h5-10,12,14,16,18,30H,2-4,11,13H2,1H3,(H,28,31). The molecular weight excluding hydrogens is 495 g/mol. The van der Waals surface area contributed by atoms with Crippen molar-refractivity contribution >= 4 is 33.2 Å². The lowest BCUT2D eigenvalue weighted by Gasteiger charge is -2.38. The molecule has 0 radical (unpaired) electrons. The number of sulfonamides is 1.